The monoisotopic (exact) mass is 379 g/mol. The van der Waals surface area contributed by atoms with Gasteiger partial charge in [0.2, 0.25) is 10.0 Å². The first-order chi connectivity index (χ1) is 9.69. The van der Waals surface area contributed by atoms with E-state index >= 15 is 0 Å². The molecule has 8 heteroatoms. The van der Waals surface area contributed by atoms with Crippen LogP contribution in [0.5, 0.6) is 0 Å². The molecule has 0 bridgehead atoms. The van der Waals surface area contributed by atoms with E-state index in [0.29, 0.717) is 16.5 Å². The van der Waals surface area contributed by atoms with Crippen LogP contribution >= 0.6 is 15.9 Å². The Balaban J connectivity index is 3.10. The van der Waals surface area contributed by atoms with Crippen molar-refractivity contribution in [3.63, 3.8) is 0 Å². The quantitative estimate of drug-likeness (QED) is 0.670. The van der Waals surface area contributed by atoms with Gasteiger partial charge in [-0.2, -0.15) is 0 Å². The molecule has 0 heterocycles. The first kappa shape index (κ1) is 18.1. The lowest BCUT2D eigenvalue weighted by Gasteiger charge is -2.14. The molecule has 21 heavy (non-hydrogen) atoms. The van der Waals surface area contributed by atoms with Gasteiger partial charge in [0.05, 0.1) is 16.6 Å². The van der Waals surface area contributed by atoms with Gasteiger partial charge < -0.3 is 10.2 Å². The van der Waals surface area contributed by atoms with E-state index < -0.39 is 22.1 Å². The number of carboxylic acids is 1. The third-order valence-electron chi connectivity index (χ3n) is 2.96. The second-order valence-electron chi connectivity index (χ2n) is 4.68. The third kappa shape index (κ3) is 4.77. The summed E-state index contributed by atoms with van der Waals surface area (Å²) >= 11 is 3.16. The van der Waals surface area contributed by atoms with E-state index in [1.807, 2.05) is 6.92 Å². The Morgan fingerprint density at radius 1 is 1.43 bits per heavy atom. The summed E-state index contributed by atoms with van der Waals surface area (Å²) < 4.78 is 27.2. The number of carboxylic acid groups (broad SMARTS) is 1. The molecule has 0 aromatic heterocycles. The Kier molecular flexibility index (Phi) is 6.33. The van der Waals surface area contributed by atoms with Crippen molar-refractivity contribution in [2.75, 3.05) is 6.54 Å². The molecule has 0 saturated carbocycles. The number of hydrogen-bond acceptors (Lipinski definition) is 4. The molecule has 0 amide bonds. The van der Waals surface area contributed by atoms with Crippen LogP contribution in [0.2, 0.25) is 0 Å². The number of nitrogens with one attached hydrogen (secondary N) is 1. The van der Waals surface area contributed by atoms with Crippen LogP contribution in [0.1, 0.15) is 35.7 Å². The lowest BCUT2D eigenvalue weighted by Crippen LogP contribution is -2.32. The van der Waals surface area contributed by atoms with Crippen molar-refractivity contribution < 1.29 is 23.4 Å². The number of sulfonamides is 1. The fourth-order valence-corrected chi connectivity index (χ4v) is 3.73. The number of halogens is 1. The molecule has 0 aliphatic carbocycles. The van der Waals surface area contributed by atoms with Crippen LogP contribution in [0.25, 0.3) is 0 Å². The minimum atomic E-state index is -3.89. The topological polar surface area (TPSA) is 104 Å². The molecule has 1 atom stereocenters. The van der Waals surface area contributed by atoms with Gasteiger partial charge in [-0.3, -0.25) is 0 Å². The van der Waals surface area contributed by atoms with Crippen LogP contribution in [0.4, 0.5) is 0 Å². The van der Waals surface area contributed by atoms with Gasteiger partial charge in [-0.05, 0) is 31.0 Å². The number of aliphatic hydroxyl groups is 1. The Labute approximate surface area is 132 Å². The van der Waals surface area contributed by atoms with Crippen molar-refractivity contribution >= 4 is 31.9 Å². The molecule has 1 aromatic rings. The van der Waals surface area contributed by atoms with Gasteiger partial charge in [0.1, 0.15) is 0 Å². The number of aliphatic hydroxyl groups excluding tert-OH is 1. The van der Waals surface area contributed by atoms with Crippen LogP contribution in [-0.4, -0.2) is 37.2 Å². The van der Waals surface area contributed by atoms with Crippen LogP contribution in [0.15, 0.2) is 21.5 Å². The largest absolute Gasteiger partial charge is 0.478 e. The first-order valence-electron chi connectivity index (χ1n) is 6.40. The van der Waals surface area contributed by atoms with Crippen molar-refractivity contribution in [3.05, 3.63) is 27.7 Å². The van der Waals surface area contributed by atoms with Gasteiger partial charge in [0.15, 0.2) is 0 Å². The Morgan fingerprint density at radius 2 is 2.05 bits per heavy atom. The average molecular weight is 380 g/mol. The highest BCUT2D eigenvalue weighted by Gasteiger charge is 2.21. The molecule has 0 spiro atoms. The maximum Gasteiger partial charge on any atom is 0.335 e. The van der Waals surface area contributed by atoms with E-state index in [-0.39, 0.29) is 17.0 Å². The summed E-state index contributed by atoms with van der Waals surface area (Å²) in [5.41, 5.74) is 0.291. The molecule has 6 nitrogen and oxygen atoms in total. The summed E-state index contributed by atoms with van der Waals surface area (Å²) in [6.07, 6.45) is 0.457. The van der Waals surface area contributed by atoms with Crippen LogP contribution in [0, 0.1) is 6.92 Å². The maximum absolute atomic E-state index is 12.3. The number of aromatic carboxylic acids is 1. The predicted molar refractivity (Wildman–Crippen MR) is 81.9 cm³/mol. The summed E-state index contributed by atoms with van der Waals surface area (Å²) in [5, 5.41) is 18.6. The van der Waals surface area contributed by atoms with Crippen LogP contribution < -0.4 is 4.72 Å². The number of hydrogen-bond donors (Lipinski definition) is 3. The molecule has 0 aliphatic rings. The minimum absolute atomic E-state index is 0.107. The molecule has 3 N–H and O–H groups in total. The smallest absolute Gasteiger partial charge is 0.335 e. The van der Waals surface area contributed by atoms with Crippen molar-refractivity contribution in [2.45, 2.75) is 37.7 Å². The van der Waals surface area contributed by atoms with Crippen LogP contribution in [0.3, 0.4) is 0 Å². The highest BCUT2D eigenvalue weighted by Crippen LogP contribution is 2.25. The number of benzene rings is 1. The SMILES string of the molecule is CCCC(O)CNS(=O)(=O)c1cc(C(=O)O)cc(Br)c1C. The van der Waals surface area contributed by atoms with E-state index in [0.717, 1.165) is 12.5 Å². The van der Waals surface area contributed by atoms with E-state index in [4.69, 9.17) is 5.11 Å². The lowest BCUT2D eigenvalue weighted by atomic mass is 10.1. The summed E-state index contributed by atoms with van der Waals surface area (Å²) in [7, 11) is -3.89. The molecule has 1 rings (SSSR count). The molecule has 0 fully saturated rings. The second-order valence-corrected chi connectivity index (χ2v) is 7.27. The molecule has 1 aromatic carbocycles. The van der Waals surface area contributed by atoms with Crippen molar-refractivity contribution in [1.29, 1.82) is 0 Å². The van der Waals surface area contributed by atoms with Gasteiger partial charge in [0, 0.05) is 11.0 Å². The zero-order valence-electron chi connectivity index (χ0n) is 11.8. The average Bonchev–Trinajstić information content (AvgIpc) is 2.39. The van der Waals surface area contributed by atoms with Gasteiger partial charge in [0.25, 0.3) is 0 Å². The predicted octanol–water partition coefficient (Wildman–Crippen LogP) is 1.90. The van der Waals surface area contributed by atoms with Gasteiger partial charge >= 0.3 is 5.97 Å². The Morgan fingerprint density at radius 3 is 2.57 bits per heavy atom. The van der Waals surface area contributed by atoms with Gasteiger partial charge in [-0.15, -0.1) is 0 Å². The van der Waals surface area contributed by atoms with E-state index in [2.05, 4.69) is 20.7 Å². The standard InChI is InChI=1S/C13H18BrNO5S/c1-3-4-10(16)7-15-21(19,20)12-6-9(13(17)18)5-11(14)8(12)2/h5-6,10,15-16H,3-4,7H2,1-2H3,(H,17,18). The zero-order chi connectivity index (χ0) is 16.2. The summed E-state index contributed by atoms with van der Waals surface area (Å²) in [6.45, 7) is 3.35. The van der Waals surface area contributed by atoms with Crippen molar-refractivity contribution in [2.24, 2.45) is 0 Å². The molecule has 118 valence electrons. The number of rotatable bonds is 7. The van der Waals surface area contributed by atoms with Crippen molar-refractivity contribution in [3.8, 4) is 0 Å². The molecule has 0 saturated heterocycles. The highest BCUT2D eigenvalue weighted by molar-refractivity contribution is 9.10. The van der Waals surface area contributed by atoms with E-state index in [1.165, 1.54) is 6.07 Å². The summed E-state index contributed by atoms with van der Waals surface area (Å²) in [6, 6.07) is 2.46. The molecule has 1 unspecified atom stereocenters. The second kappa shape index (κ2) is 7.35. The maximum atomic E-state index is 12.3. The third-order valence-corrected chi connectivity index (χ3v) is 5.34. The van der Waals surface area contributed by atoms with E-state index in [1.54, 1.807) is 6.92 Å². The summed E-state index contributed by atoms with van der Waals surface area (Å²) in [4.78, 5) is 10.9. The Hall–Kier alpha value is -0.960. The zero-order valence-corrected chi connectivity index (χ0v) is 14.2. The fourth-order valence-electron chi connectivity index (χ4n) is 1.78. The molecular formula is C13H18BrNO5S. The lowest BCUT2D eigenvalue weighted by molar-refractivity contribution is 0.0696. The first-order valence-corrected chi connectivity index (χ1v) is 8.67. The summed E-state index contributed by atoms with van der Waals surface area (Å²) in [5.74, 6) is -1.21. The number of carbonyl (C=O) groups is 1. The Bertz CT molecular complexity index is 630. The highest BCUT2D eigenvalue weighted by atomic mass is 79.9. The van der Waals surface area contributed by atoms with Crippen molar-refractivity contribution in [1.82, 2.24) is 4.72 Å². The molecule has 0 aliphatic heterocycles. The van der Waals surface area contributed by atoms with E-state index in [9.17, 15) is 18.3 Å². The molecular weight excluding hydrogens is 362 g/mol. The normalized spacial score (nSPS) is 13.1. The fraction of sp³-hybridized carbons (Fsp3) is 0.462. The molecule has 0 radical (unpaired) electrons. The van der Waals surface area contributed by atoms with Gasteiger partial charge in [-0.25, -0.2) is 17.9 Å². The minimum Gasteiger partial charge on any atom is -0.478 e. The van der Waals surface area contributed by atoms with Crippen LogP contribution in [-0.2, 0) is 10.0 Å². The van der Waals surface area contributed by atoms with Gasteiger partial charge in [-0.1, -0.05) is 29.3 Å².